The lowest BCUT2D eigenvalue weighted by atomic mass is 10.2. The van der Waals surface area contributed by atoms with Gasteiger partial charge in [-0.25, -0.2) is 4.79 Å². The molecule has 128 valence electrons. The van der Waals surface area contributed by atoms with Gasteiger partial charge in [0.15, 0.2) is 0 Å². The van der Waals surface area contributed by atoms with Crippen molar-refractivity contribution in [1.82, 2.24) is 10.2 Å². The van der Waals surface area contributed by atoms with E-state index in [4.69, 9.17) is 9.84 Å². The van der Waals surface area contributed by atoms with Gasteiger partial charge in [0.2, 0.25) is 5.91 Å². The maximum Gasteiger partial charge on any atom is 0.407 e. The third-order valence-electron chi connectivity index (χ3n) is 2.67. The highest BCUT2D eigenvalue weighted by Crippen LogP contribution is 2.06. The largest absolute Gasteiger partial charge is 0.481 e. The van der Waals surface area contributed by atoms with E-state index in [1.54, 1.807) is 25.7 Å². The van der Waals surface area contributed by atoms with Crippen molar-refractivity contribution in [3.05, 3.63) is 0 Å². The topological polar surface area (TPSA) is 95.9 Å². The number of ether oxygens (including phenoxy) is 1. The lowest BCUT2D eigenvalue weighted by molar-refractivity contribution is -0.141. The molecular formula is C15H28N2O5. The van der Waals surface area contributed by atoms with Crippen molar-refractivity contribution in [2.45, 2.75) is 59.0 Å². The first kappa shape index (κ1) is 20.2. The number of hydrogen-bond acceptors (Lipinski definition) is 4. The van der Waals surface area contributed by atoms with Crippen LogP contribution in [-0.2, 0) is 14.3 Å². The van der Waals surface area contributed by atoms with Crippen LogP contribution in [0.25, 0.3) is 0 Å². The molecule has 7 heteroatoms. The van der Waals surface area contributed by atoms with Gasteiger partial charge < -0.3 is 20.1 Å². The van der Waals surface area contributed by atoms with Crippen LogP contribution in [0.4, 0.5) is 4.79 Å². The fourth-order valence-electron chi connectivity index (χ4n) is 1.78. The van der Waals surface area contributed by atoms with Crippen molar-refractivity contribution < 1.29 is 24.2 Å². The van der Waals surface area contributed by atoms with E-state index in [0.717, 1.165) is 6.42 Å². The van der Waals surface area contributed by atoms with E-state index >= 15 is 0 Å². The normalized spacial score (nSPS) is 10.9. The van der Waals surface area contributed by atoms with Gasteiger partial charge in [0.1, 0.15) is 5.60 Å². The monoisotopic (exact) mass is 316 g/mol. The zero-order valence-electron chi connectivity index (χ0n) is 14.0. The fourth-order valence-corrected chi connectivity index (χ4v) is 1.78. The molecule has 0 bridgehead atoms. The molecule has 0 spiro atoms. The predicted octanol–water partition coefficient (Wildman–Crippen LogP) is 2.00. The number of rotatable bonds is 9. The first-order valence-electron chi connectivity index (χ1n) is 7.62. The summed E-state index contributed by atoms with van der Waals surface area (Å²) >= 11 is 0. The van der Waals surface area contributed by atoms with Gasteiger partial charge in [-0.05, 0) is 33.6 Å². The number of amides is 2. The summed E-state index contributed by atoms with van der Waals surface area (Å²) in [5, 5.41) is 11.2. The van der Waals surface area contributed by atoms with Crippen LogP contribution in [0.5, 0.6) is 0 Å². The third-order valence-corrected chi connectivity index (χ3v) is 2.67. The summed E-state index contributed by atoms with van der Waals surface area (Å²) in [7, 11) is 0. The highest BCUT2D eigenvalue weighted by Gasteiger charge is 2.16. The standard InChI is InChI=1S/C15H28N2O5/c1-5-10-17(12(18)7-8-13(19)20)11-6-9-16-14(21)22-15(2,3)4/h5-11H2,1-4H3,(H,16,21)(H,19,20). The van der Waals surface area contributed by atoms with Gasteiger partial charge >= 0.3 is 12.1 Å². The summed E-state index contributed by atoms with van der Waals surface area (Å²) < 4.78 is 5.11. The Balaban J connectivity index is 4.07. The molecule has 0 aliphatic rings. The van der Waals surface area contributed by atoms with Crippen molar-refractivity contribution in [1.29, 1.82) is 0 Å². The molecule has 0 atom stereocenters. The minimum Gasteiger partial charge on any atom is -0.481 e. The number of carbonyl (C=O) groups excluding carboxylic acids is 2. The van der Waals surface area contributed by atoms with Crippen molar-refractivity contribution in [2.24, 2.45) is 0 Å². The van der Waals surface area contributed by atoms with E-state index < -0.39 is 17.7 Å². The molecule has 0 saturated heterocycles. The second-order valence-electron chi connectivity index (χ2n) is 6.06. The molecule has 2 N–H and O–H groups in total. The molecule has 0 radical (unpaired) electrons. The molecule has 7 nitrogen and oxygen atoms in total. The van der Waals surface area contributed by atoms with Crippen LogP contribution in [0.15, 0.2) is 0 Å². The number of hydrogen-bond donors (Lipinski definition) is 2. The van der Waals surface area contributed by atoms with E-state index in [2.05, 4.69) is 5.32 Å². The number of aliphatic carboxylic acids is 1. The predicted molar refractivity (Wildman–Crippen MR) is 82.6 cm³/mol. The Morgan fingerprint density at radius 1 is 1.14 bits per heavy atom. The van der Waals surface area contributed by atoms with E-state index in [9.17, 15) is 14.4 Å². The Kier molecular flexibility index (Phi) is 9.21. The molecule has 0 aromatic carbocycles. The Morgan fingerprint density at radius 2 is 1.77 bits per heavy atom. The van der Waals surface area contributed by atoms with Gasteiger partial charge in [-0.1, -0.05) is 6.92 Å². The molecule has 2 amide bonds. The third kappa shape index (κ3) is 10.9. The van der Waals surface area contributed by atoms with Crippen LogP contribution in [0.3, 0.4) is 0 Å². The average molecular weight is 316 g/mol. The minimum absolute atomic E-state index is 0.00876. The van der Waals surface area contributed by atoms with Gasteiger partial charge in [-0.2, -0.15) is 0 Å². The van der Waals surface area contributed by atoms with Gasteiger partial charge in [-0.3, -0.25) is 9.59 Å². The molecule has 0 aromatic rings. The van der Waals surface area contributed by atoms with Crippen LogP contribution in [0.1, 0.15) is 53.4 Å². The molecule has 0 saturated carbocycles. The van der Waals surface area contributed by atoms with Crippen LogP contribution in [0, 0.1) is 0 Å². The molecule has 0 heterocycles. The van der Waals surface area contributed by atoms with Crippen molar-refractivity contribution in [3.63, 3.8) is 0 Å². The number of carboxylic acid groups (broad SMARTS) is 1. The molecule has 0 aromatic heterocycles. The lowest BCUT2D eigenvalue weighted by Gasteiger charge is -2.23. The number of carboxylic acids is 1. The van der Waals surface area contributed by atoms with Gasteiger partial charge in [0.05, 0.1) is 6.42 Å². The number of nitrogens with zero attached hydrogens (tertiary/aromatic N) is 1. The lowest BCUT2D eigenvalue weighted by Crippen LogP contribution is -2.36. The van der Waals surface area contributed by atoms with E-state index in [1.165, 1.54) is 0 Å². The maximum absolute atomic E-state index is 11.9. The highest BCUT2D eigenvalue weighted by molar-refractivity contribution is 5.80. The summed E-state index contributed by atoms with van der Waals surface area (Å²) in [5.74, 6) is -1.14. The Hall–Kier alpha value is -1.79. The van der Waals surface area contributed by atoms with Crippen LogP contribution < -0.4 is 5.32 Å². The molecule has 0 unspecified atom stereocenters. The quantitative estimate of drug-likeness (QED) is 0.634. The Bertz CT molecular complexity index is 377. The van der Waals surface area contributed by atoms with E-state index in [-0.39, 0.29) is 18.7 Å². The summed E-state index contributed by atoms with van der Waals surface area (Å²) in [5.41, 5.74) is -0.537. The average Bonchev–Trinajstić information content (AvgIpc) is 2.37. The molecule has 0 rings (SSSR count). The maximum atomic E-state index is 11.9. The second-order valence-corrected chi connectivity index (χ2v) is 6.06. The van der Waals surface area contributed by atoms with Gasteiger partial charge in [-0.15, -0.1) is 0 Å². The summed E-state index contributed by atoms with van der Waals surface area (Å²) in [4.78, 5) is 35.5. The van der Waals surface area contributed by atoms with E-state index in [1.807, 2.05) is 6.92 Å². The Morgan fingerprint density at radius 3 is 2.27 bits per heavy atom. The molecule has 22 heavy (non-hydrogen) atoms. The first-order chi connectivity index (χ1) is 10.2. The van der Waals surface area contributed by atoms with Gasteiger partial charge in [0.25, 0.3) is 0 Å². The van der Waals surface area contributed by atoms with Crippen molar-refractivity contribution in [3.8, 4) is 0 Å². The number of nitrogens with one attached hydrogen (secondary N) is 1. The molecular weight excluding hydrogens is 288 g/mol. The fraction of sp³-hybridized carbons (Fsp3) is 0.800. The number of carbonyl (C=O) groups is 3. The zero-order valence-corrected chi connectivity index (χ0v) is 14.0. The Labute approximate surface area is 132 Å². The minimum atomic E-state index is -0.976. The van der Waals surface area contributed by atoms with Crippen molar-refractivity contribution in [2.75, 3.05) is 19.6 Å². The zero-order chi connectivity index (χ0) is 17.2. The molecule has 0 aliphatic carbocycles. The molecule has 0 aliphatic heterocycles. The van der Waals surface area contributed by atoms with Crippen LogP contribution in [-0.4, -0.2) is 53.2 Å². The van der Waals surface area contributed by atoms with E-state index in [0.29, 0.717) is 26.1 Å². The van der Waals surface area contributed by atoms with Crippen LogP contribution >= 0.6 is 0 Å². The first-order valence-corrected chi connectivity index (χ1v) is 7.62. The second kappa shape index (κ2) is 10.0. The summed E-state index contributed by atoms with van der Waals surface area (Å²) in [6.45, 7) is 8.80. The number of alkyl carbamates (subject to hydrolysis) is 1. The molecule has 0 fully saturated rings. The van der Waals surface area contributed by atoms with Crippen LogP contribution in [0.2, 0.25) is 0 Å². The highest BCUT2D eigenvalue weighted by atomic mass is 16.6. The summed E-state index contributed by atoms with van der Waals surface area (Å²) in [6, 6.07) is 0. The van der Waals surface area contributed by atoms with Gasteiger partial charge in [0, 0.05) is 26.1 Å². The van der Waals surface area contributed by atoms with Crippen molar-refractivity contribution >= 4 is 18.0 Å². The smallest absolute Gasteiger partial charge is 0.407 e. The SMILES string of the molecule is CCCN(CCCNC(=O)OC(C)(C)C)C(=O)CCC(=O)O. The summed E-state index contributed by atoms with van der Waals surface area (Å²) in [6.07, 6.45) is 0.771.